The van der Waals surface area contributed by atoms with Crippen molar-refractivity contribution in [3.63, 3.8) is 0 Å². The topological polar surface area (TPSA) is 53.3 Å². The van der Waals surface area contributed by atoms with Gasteiger partial charge in [0, 0.05) is 5.71 Å². The summed E-state index contributed by atoms with van der Waals surface area (Å²) in [4.78, 5) is 0. The van der Waals surface area contributed by atoms with Crippen LogP contribution in [0.15, 0.2) is 18.2 Å². The number of nitrogens with one attached hydrogen (secondary N) is 1. The standard InChI is InChI=1S/C13H17NO2/c1-9(14)13(15)7-3-4-10-5-6-11(16-2)8-12(10)13/h5-6,8,14-15H,3-4,7H2,1-2H3. The van der Waals surface area contributed by atoms with Crippen molar-refractivity contribution < 1.29 is 9.84 Å². The number of fused-ring (bicyclic) bond motifs is 1. The molecule has 2 N–H and O–H groups in total. The molecule has 16 heavy (non-hydrogen) atoms. The Morgan fingerprint density at radius 3 is 2.88 bits per heavy atom. The van der Waals surface area contributed by atoms with Gasteiger partial charge in [-0.1, -0.05) is 6.07 Å². The Hall–Kier alpha value is -1.35. The molecule has 0 saturated heterocycles. The first-order valence-corrected chi connectivity index (χ1v) is 5.53. The predicted octanol–water partition coefficient (Wildman–Crippen LogP) is 2.26. The first-order valence-electron chi connectivity index (χ1n) is 5.53. The summed E-state index contributed by atoms with van der Waals surface area (Å²) in [5.41, 5.74) is 1.18. The number of aliphatic hydroxyl groups is 1. The lowest BCUT2D eigenvalue weighted by molar-refractivity contribution is 0.0893. The van der Waals surface area contributed by atoms with E-state index in [1.807, 2.05) is 18.2 Å². The van der Waals surface area contributed by atoms with E-state index in [1.165, 1.54) is 0 Å². The second kappa shape index (κ2) is 3.91. The number of hydrogen-bond donors (Lipinski definition) is 2. The molecule has 1 aromatic rings. The van der Waals surface area contributed by atoms with Gasteiger partial charge in [-0.25, -0.2) is 0 Å². The van der Waals surface area contributed by atoms with Gasteiger partial charge in [0.15, 0.2) is 0 Å². The second-order valence-electron chi connectivity index (χ2n) is 4.36. The lowest BCUT2D eigenvalue weighted by atomic mass is 9.76. The van der Waals surface area contributed by atoms with Gasteiger partial charge in [-0.3, -0.25) is 0 Å². The van der Waals surface area contributed by atoms with E-state index in [2.05, 4.69) is 0 Å². The maximum atomic E-state index is 10.5. The molecule has 0 bridgehead atoms. The number of benzene rings is 1. The largest absolute Gasteiger partial charge is 0.497 e. The van der Waals surface area contributed by atoms with Crippen molar-refractivity contribution in [3.05, 3.63) is 29.3 Å². The minimum atomic E-state index is -1.10. The minimum Gasteiger partial charge on any atom is -0.497 e. The fourth-order valence-corrected chi connectivity index (χ4v) is 2.34. The zero-order chi connectivity index (χ0) is 11.8. The highest BCUT2D eigenvalue weighted by atomic mass is 16.5. The molecule has 1 aliphatic carbocycles. The molecule has 0 radical (unpaired) electrons. The molecule has 0 heterocycles. The SMILES string of the molecule is COc1ccc2c(c1)C(O)(C(C)=N)CCC2. The summed E-state index contributed by atoms with van der Waals surface area (Å²) in [7, 11) is 1.61. The summed E-state index contributed by atoms with van der Waals surface area (Å²) < 4.78 is 5.17. The molecule has 0 fully saturated rings. The first kappa shape index (κ1) is 11.1. The molecule has 3 nitrogen and oxygen atoms in total. The highest BCUT2D eigenvalue weighted by molar-refractivity contribution is 5.89. The molecular weight excluding hydrogens is 202 g/mol. The molecule has 86 valence electrons. The monoisotopic (exact) mass is 219 g/mol. The quantitative estimate of drug-likeness (QED) is 0.750. The van der Waals surface area contributed by atoms with Crippen LogP contribution in [0.1, 0.15) is 30.9 Å². The second-order valence-corrected chi connectivity index (χ2v) is 4.36. The number of rotatable bonds is 2. The van der Waals surface area contributed by atoms with Gasteiger partial charge in [0.05, 0.1) is 7.11 Å². The molecule has 0 aliphatic heterocycles. The van der Waals surface area contributed by atoms with Crippen molar-refractivity contribution in [1.82, 2.24) is 0 Å². The number of aryl methyl sites for hydroxylation is 1. The van der Waals surface area contributed by atoms with Crippen LogP contribution in [0.4, 0.5) is 0 Å². The van der Waals surface area contributed by atoms with Crippen LogP contribution in [0.25, 0.3) is 0 Å². The third-order valence-corrected chi connectivity index (χ3v) is 3.37. The fourth-order valence-electron chi connectivity index (χ4n) is 2.34. The Morgan fingerprint density at radius 1 is 1.50 bits per heavy atom. The van der Waals surface area contributed by atoms with Gasteiger partial charge in [-0.05, 0) is 49.4 Å². The molecule has 1 unspecified atom stereocenters. The van der Waals surface area contributed by atoms with Gasteiger partial charge < -0.3 is 15.3 Å². The van der Waals surface area contributed by atoms with E-state index >= 15 is 0 Å². The van der Waals surface area contributed by atoms with Crippen molar-refractivity contribution in [3.8, 4) is 5.75 Å². The van der Waals surface area contributed by atoms with Gasteiger partial charge in [-0.15, -0.1) is 0 Å². The van der Waals surface area contributed by atoms with Crippen LogP contribution in [0.2, 0.25) is 0 Å². The minimum absolute atomic E-state index is 0.307. The molecule has 2 rings (SSSR count). The van der Waals surface area contributed by atoms with Crippen molar-refractivity contribution in [2.24, 2.45) is 0 Å². The summed E-state index contributed by atoms with van der Waals surface area (Å²) in [5.74, 6) is 0.736. The maximum absolute atomic E-state index is 10.5. The Kier molecular flexibility index (Phi) is 2.72. The molecule has 0 amide bonds. The summed E-state index contributed by atoms with van der Waals surface area (Å²) in [6.07, 6.45) is 2.52. The van der Waals surface area contributed by atoms with Crippen LogP contribution < -0.4 is 4.74 Å². The molecular formula is C13H17NO2. The Balaban J connectivity index is 2.55. The van der Waals surface area contributed by atoms with Gasteiger partial charge in [0.25, 0.3) is 0 Å². The van der Waals surface area contributed by atoms with E-state index in [0.29, 0.717) is 12.1 Å². The Labute approximate surface area is 95.6 Å². The third-order valence-electron chi connectivity index (χ3n) is 3.37. The zero-order valence-corrected chi connectivity index (χ0v) is 9.71. The number of hydrogen-bond acceptors (Lipinski definition) is 3. The van der Waals surface area contributed by atoms with Crippen LogP contribution in [0, 0.1) is 5.41 Å². The van der Waals surface area contributed by atoms with Crippen molar-refractivity contribution in [1.29, 1.82) is 5.41 Å². The number of methoxy groups -OCH3 is 1. The summed E-state index contributed by atoms with van der Waals surface area (Å²) in [6, 6.07) is 5.75. The van der Waals surface area contributed by atoms with E-state index in [4.69, 9.17) is 10.1 Å². The van der Waals surface area contributed by atoms with E-state index in [1.54, 1.807) is 14.0 Å². The first-order chi connectivity index (χ1) is 7.58. The van der Waals surface area contributed by atoms with Crippen molar-refractivity contribution >= 4 is 5.71 Å². The van der Waals surface area contributed by atoms with Crippen molar-refractivity contribution in [2.75, 3.05) is 7.11 Å². The average molecular weight is 219 g/mol. The smallest absolute Gasteiger partial charge is 0.127 e. The van der Waals surface area contributed by atoms with Gasteiger partial charge >= 0.3 is 0 Å². The lowest BCUT2D eigenvalue weighted by Gasteiger charge is -2.34. The average Bonchev–Trinajstić information content (AvgIpc) is 2.29. The maximum Gasteiger partial charge on any atom is 0.127 e. The van der Waals surface area contributed by atoms with Crippen LogP contribution in [0.3, 0.4) is 0 Å². The fraction of sp³-hybridized carbons (Fsp3) is 0.462. The normalized spacial score (nSPS) is 23.7. The third kappa shape index (κ3) is 1.61. The van der Waals surface area contributed by atoms with Gasteiger partial charge in [0.2, 0.25) is 0 Å². The zero-order valence-electron chi connectivity index (χ0n) is 9.71. The summed E-state index contributed by atoms with van der Waals surface area (Å²) >= 11 is 0. The van der Waals surface area contributed by atoms with E-state index < -0.39 is 5.60 Å². The molecule has 1 atom stereocenters. The van der Waals surface area contributed by atoms with Crippen LogP contribution in [-0.2, 0) is 12.0 Å². The Bertz CT molecular complexity index is 428. The highest BCUT2D eigenvalue weighted by Crippen LogP contribution is 2.37. The van der Waals surface area contributed by atoms with Crippen LogP contribution >= 0.6 is 0 Å². The van der Waals surface area contributed by atoms with Crippen molar-refractivity contribution in [2.45, 2.75) is 31.8 Å². The van der Waals surface area contributed by atoms with E-state index in [9.17, 15) is 5.11 Å². The van der Waals surface area contributed by atoms with E-state index in [-0.39, 0.29) is 0 Å². The van der Waals surface area contributed by atoms with Crippen LogP contribution in [0.5, 0.6) is 5.75 Å². The van der Waals surface area contributed by atoms with Gasteiger partial charge in [0.1, 0.15) is 11.4 Å². The molecule has 0 aromatic heterocycles. The van der Waals surface area contributed by atoms with Crippen LogP contribution in [-0.4, -0.2) is 17.9 Å². The predicted molar refractivity (Wildman–Crippen MR) is 63.2 cm³/mol. The lowest BCUT2D eigenvalue weighted by Crippen LogP contribution is -2.37. The molecule has 0 spiro atoms. The van der Waals surface area contributed by atoms with E-state index in [0.717, 1.165) is 29.7 Å². The molecule has 3 heteroatoms. The highest BCUT2D eigenvalue weighted by Gasteiger charge is 2.36. The molecule has 1 aromatic carbocycles. The number of ether oxygens (including phenoxy) is 1. The molecule has 1 aliphatic rings. The summed E-state index contributed by atoms with van der Waals surface area (Å²) in [6.45, 7) is 1.66. The van der Waals surface area contributed by atoms with Gasteiger partial charge in [-0.2, -0.15) is 0 Å². The summed E-state index contributed by atoms with van der Waals surface area (Å²) in [5, 5.41) is 18.3. The Morgan fingerprint density at radius 2 is 2.25 bits per heavy atom. The molecule has 0 saturated carbocycles.